The van der Waals surface area contributed by atoms with Gasteiger partial charge in [0.2, 0.25) is 0 Å². The number of benzene rings is 2. The molecule has 0 unspecified atom stereocenters. The number of hydrogen-bond acceptors (Lipinski definition) is 5. The highest BCUT2D eigenvalue weighted by Gasteiger charge is 2.11. The Morgan fingerprint density at radius 3 is 2.67 bits per heavy atom. The third-order valence-electron chi connectivity index (χ3n) is 4.78. The number of aryl methyl sites for hydroxylation is 1. The lowest BCUT2D eigenvalue weighted by Gasteiger charge is -2.12. The molecule has 1 heterocycles. The summed E-state index contributed by atoms with van der Waals surface area (Å²) in [7, 11) is 1.42. The summed E-state index contributed by atoms with van der Waals surface area (Å²) in [6.07, 6.45) is 4.40. The molecule has 0 fully saturated rings. The van der Waals surface area contributed by atoms with E-state index < -0.39 is 0 Å². The van der Waals surface area contributed by atoms with Crippen molar-refractivity contribution in [2.45, 2.75) is 39.0 Å². The van der Waals surface area contributed by atoms with E-state index in [-0.39, 0.29) is 11.4 Å². The molecule has 0 aliphatic carbocycles. The van der Waals surface area contributed by atoms with E-state index in [1.165, 1.54) is 7.11 Å². The summed E-state index contributed by atoms with van der Waals surface area (Å²) in [6.45, 7) is 2.87. The molecule has 142 valence electrons. The Balaban J connectivity index is 1.70. The average Bonchev–Trinajstić information content (AvgIpc) is 2.69. The Morgan fingerprint density at radius 1 is 1.07 bits per heavy atom. The number of rotatable bonds is 8. The molecule has 0 bridgehead atoms. The van der Waals surface area contributed by atoms with Gasteiger partial charge in [0.05, 0.1) is 12.5 Å². The Hall–Kier alpha value is -2.40. The second kappa shape index (κ2) is 9.00. The van der Waals surface area contributed by atoms with Crippen LogP contribution in [0.1, 0.15) is 37.7 Å². The summed E-state index contributed by atoms with van der Waals surface area (Å²) >= 11 is 1.68. The second-order valence-electron chi connectivity index (χ2n) is 6.73. The Labute approximate surface area is 163 Å². The molecule has 1 aromatic heterocycles. The predicted molar refractivity (Wildman–Crippen MR) is 114 cm³/mol. The molecule has 0 atom stereocenters. The molecule has 0 amide bonds. The van der Waals surface area contributed by atoms with Crippen molar-refractivity contribution in [1.29, 1.82) is 0 Å². The van der Waals surface area contributed by atoms with Crippen LogP contribution in [0, 0.1) is 6.92 Å². The number of nitrogens with one attached hydrogen (secondary N) is 1. The van der Waals surface area contributed by atoms with E-state index in [2.05, 4.69) is 23.0 Å². The zero-order valence-electron chi connectivity index (χ0n) is 15.8. The first-order valence-electron chi connectivity index (χ1n) is 9.37. The van der Waals surface area contributed by atoms with Crippen LogP contribution in [0.25, 0.3) is 20.2 Å². The molecular weight excluding hydrogens is 358 g/mol. The van der Waals surface area contributed by atoms with Crippen LogP contribution in [-0.4, -0.2) is 19.6 Å². The van der Waals surface area contributed by atoms with Gasteiger partial charge in [-0.2, -0.15) is 0 Å². The maximum Gasteiger partial charge on any atom is 0.305 e. The van der Waals surface area contributed by atoms with E-state index in [1.807, 2.05) is 30.3 Å². The van der Waals surface area contributed by atoms with Crippen LogP contribution in [0.5, 0.6) is 0 Å². The summed E-state index contributed by atoms with van der Waals surface area (Å²) in [5.41, 5.74) is 2.15. The maximum absolute atomic E-state index is 13.1. The number of methoxy groups -OCH3 is 1. The number of ether oxygens (including phenoxy) is 1. The first kappa shape index (κ1) is 19.4. The number of carbonyl (C=O) groups is 1. The fourth-order valence-corrected chi connectivity index (χ4v) is 4.42. The van der Waals surface area contributed by atoms with Crippen molar-refractivity contribution in [3.05, 3.63) is 52.2 Å². The normalized spacial score (nSPS) is 11.0. The van der Waals surface area contributed by atoms with Crippen LogP contribution < -0.4 is 10.7 Å². The van der Waals surface area contributed by atoms with E-state index in [1.54, 1.807) is 11.3 Å². The molecule has 3 aromatic rings. The SMILES string of the molecule is COC(=O)CCCCCCNc1ccc(C)c2sc3ccccc3c(=O)c12. The number of hydrogen-bond donors (Lipinski definition) is 1. The van der Waals surface area contributed by atoms with E-state index in [0.29, 0.717) is 6.42 Å². The number of anilines is 1. The van der Waals surface area contributed by atoms with Gasteiger partial charge in [0.15, 0.2) is 5.43 Å². The van der Waals surface area contributed by atoms with E-state index in [9.17, 15) is 9.59 Å². The highest BCUT2D eigenvalue weighted by molar-refractivity contribution is 7.24. The van der Waals surface area contributed by atoms with Crippen molar-refractivity contribution in [1.82, 2.24) is 0 Å². The van der Waals surface area contributed by atoms with E-state index in [0.717, 1.165) is 63.7 Å². The van der Waals surface area contributed by atoms with Crippen molar-refractivity contribution in [3.8, 4) is 0 Å². The average molecular weight is 384 g/mol. The van der Waals surface area contributed by atoms with Gasteiger partial charge in [0.25, 0.3) is 0 Å². The van der Waals surface area contributed by atoms with Gasteiger partial charge < -0.3 is 10.1 Å². The van der Waals surface area contributed by atoms with Gasteiger partial charge in [-0.3, -0.25) is 9.59 Å². The smallest absolute Gasteiger partial charge is 0.305 e. The second-order valence-corrected chi connectivity index (χ2v) is 7.78. The van der Waals surface area contributed by atoms with Crippen LogP contribution in [0.3, 0.4) is 0 Å². The molecule has 0 aliphatic rings. The first-order valence-corrected chi connectivity index (χ1v) is 10.2. The number of unbranched alkanes of at least 4 members (excludes halogenated alkanes) is 3. The summed E-state index contributed by atoms with van der Waals surface area (Å²) in [4.78, 5) is 24.1. The van der Waals surface area contributed by atoms with Crippen molar-refractivity contribution < 1.29 is 9.53 Å². The van der Waals surface area contributed by atoms with Gasteiger partial charge in [0, 0.05) is 33.4 Å². The Bertz CT molecular complexity index is 1010. The minimum Gasteiger partial charge on any atom is -0.469 e. The molecule has 0 radical (unpaired) electrons. The molecule has 27 heavy (non-hydrogen) atoms. The van der Waals surface area contributed by atoms with Gasteiger partial charge in [-0.05, 0) is 43.5 Å². The first-order chi connectivity index (χ1) is 13.1. The topological polar surface area (TPSA) is 55.4 Å². The van der Waals surface area contributed by atoms with Crippen molar-refractivity contribution in [2.24, 2.45) is 0 Å². The summed E-state index contributed by atoms with van der Waals surface area (Å²) in [5.74, 6) is -0.143. The third-order valence-corrected chi connectivity index (χ3v) is 6.08. The molecule has 1 N–H and O–H groups in total. The standard InChI is InChI=1S/C22H25NO3S/c1-15-12-13-17(23-14-8-4-3-5-11-19(24)26-2)20-21(25)16-9-6-7-10-18(16)27-22(15)20/h6-7,9-10,12-13,23H,3-5,8,11,14H2,1-2H3. The molecule has 0 saturated heterocycles. The van der Waals surface area contributed by atoms with E-state index in [4.69, 9.17) is 0 Å². The summed E-state index contributed by atoms with van der Waals surface area (Å²) < 4.78 is 6.73. The quantitative estimate of drug-likeness (QED) is 0.327. The zero-order chi connectivity index (χ0) is 19.2. The van der Waals surface area contributed by atoms with Crippen molar-refractivity contribution >= 4 is 43.2 Å². The lowest BCUT2D eigenvalue weighted by molar-refractivity contribution is -0.140. The number of carbonyl (C=O) groups excluding carboxylic acids is 1. The molecule has 5 heteroatoms. The van der Waals surface area contributed by atoms with Crippen LogP contribution in [-0.2, 0) is 9.53 Å². The largest absolute Gasteiger partial charge is 0.469 e. The maximum atomic E-state index is 13.1. The van der Waals surface area contributed by atoms with Gasteiger partial charge in [-0.25, -0.2) is 0 Å². The highest BCUT2D eigenvalue weighted by atomic mass is 32.1. The van der Waals surface area contributed by atoms with Gasteiger partial charge >= 0.3 is 5.97 Å². The highest BCUT2D eigenvalue weighted by Crippen LogP contribution is 2.31. The molecule has 0 spiro atoms. The zero-order valence-corrected chi connectivity index (χ0v) is 16.7. The minimum absolute atomic E-state index is 0.101. The molecular formula is C22H25NO3S. The predicted octanol–water partition coefficient (Wildman–Crippen LogP) is 5.26. The van der Waals surface area contributed by atoms with Crippen LogP contribution in [0.4, 0.5) is 5.69 Å². The monoisotopic (exact) mass is 383 g/mol. The fourth-order valence-electron chi connectivity index (χ4n) is 3.25. The molecule has 4 nitrogen and oxygen atoms in total. The summed E-state index contributed by atoms with van der Waals surface area (Å²) in [5, 5.41) is 5.03. The van der Waals surface area contributed by atoms with Crippen LogP contribution in [0.2, 0.25) is 0 Å². The number of esters is 1. The van der Waals surface area contributed by atoms with Crippen LogP contribution >= 0.6 is 11.3 Å². The van der Waals surface area contributed by atoms with Gasteiger partial charge in [-0.15, -0.1) is 11.3 Å². The van der Waals surface area contributed by atoms with Gasteiger partial charge in [0.1, 0.15) is 0 Å². The molecule has 2 aromatic carbocycles. The lowest BCUT2D eigenvalue weighted by Crippen LogP contribution is -2.08. The van der Waals surface area contributed by atoms with Crippen molar-refractivity contribution in [3.63, 3.8) is 0 Å². The molecule has 0 aliphatic heterocycles. The molecule has 3 rings (SSSR count). The van der Waals surface area contributed by atoms with Gasteiger partial charge in [-0.1, -0.05) is 31.0 Å². The van der Waals surface area contributed by atoms with E-state index >= 15 is 0 Å². The Morgan fingerprint density at radius 2 is 1.85 bits per heavy atom. The third kappa shape index (κ3) is 4.48. The summed E-state index contributed by atoms with van der Waals surface area (Å²) in [6, 6.07) is 11.9. The van der Waals surface area contributed by atoms with Crippen molar-refractivity contribution in [2.75, 3.05) is 19.0 Å². The Kier molecular flexibility index (Phi) is 6.45. The van der Waals surface area contributed by atoms with Crippen LogP contribution in [0.15, 0.2) is 41.2 Å². The number of fused-ring (bicyclic) bond motifs is 2. The fraction of sp³-hybridized carbons (Fsp3) is 0.364. The lowest BCUT2D eigenvalue weighted by atomic mass is 10.1. The minimum atomic E-state index is -0.143. The molecule has 0 saturated carbocycles.